The Morgan fingerprint density at radius 1 is 1.19 bits per heavy atom. The Balaban J connectivity index is 2.49. The SMILES string of the molecule is CC(=O)C(C)(C)CN(C)C1CCCCCC1. The lowest BCUT2D eigenvalue weighted by Gasteiger charge is -2.33. The second kappa shape index (κ2) is 5.81. The number of hydrogen-bond acceptors (Lipinski definition) is 2. The molecule has 0 saturated heterocycles. The summed E-state index contributed by atoms with van der Waals surface area (Å²) < 4.78 is 0. The molecular formula is C14H27NO. The molecule has 2 nitrogen and oxygen atoms in total. The molecular weight excluding hydrogens is 198 g/mol. The first-order valence-corrected chi connectivity index (χ1v) is 6.65. The van der Waals surface area contributed by atoms with Gasteiger partial charge in [0.1, 0.15) is 5.78 Å². The van der Waals surface area contributed by atoms with E-state index in [1.54, 1.807) is 6.92 Å². The van der Waals surface area contributed by atoms with Crippen LogP contribution in [0.2, 0.25) is 0 Å². The van der Waals surface area contributed by atoms with Gasteiger partial charge in [-0.25, -0.2) is 0 Å². The summed E-state index contributed by atoms with van der Waals surface area (Å²) in [4.78, 5) is 13.9. The Hall–Kier alpha value is -0.370. The van der Waals surface area contributed by atoms with E-state index < -0.39 is 0 Å². The van der Waals surface area contributed by atoms with Crippen molar-refractivity contribution in [2.45, 2.75) is 65.3 Å². The quantitative estimate of drug-likeness (QED) is 0.684. The van der Waals surface area contributed by atoms with Crippen molar-refractivity contribution in [3.05, 3.63) is 0 Å². The largest absolute Gasteiger partial charge is 0.302 e. The molecule has 0 spiro atoms. The van der Waals surface area contributed by atoms with Gasteiger partial charge in [0.15, 0.2) is 0 Å². The van der Waals surface area contributed by atoms with Gasteiger partial charge in [0.05, 0.1) is 0 Å². The van der Waals surface area contributed by atoms with E-state index in [0.717, 1.165) is 6.54 Å². The van der Waals surface area contributed by atoms with E-state index in [-0.39, 0.29) is 5.41 Å². The number of carbonyl (C=O) groups is 1. The van der Waals surface area contributed by atoms with Crippen molar-refractivity contribution in [2.75, 3.05) is 13.6 Å². The maximum absolute atomic E-state index is 11.5. The Kier molecular flexibility index (Phi) is 4.97. The number of ketones is 1. The number of carbonyl (C=O) groups excluding carboxylic acids is 1. The van der Waals surface area contributed by atoms with Crippen LogP contribution in [0.5, 0.6) is 0 Å². The summed E-state index contributed by atoms with van der Waals surface area (Å²) in [5.74, 6) is 0.299. The highest BCUT2D eigenvalue weighted by Gasteiger charge is 2.28. The first-order valence-electron chi connectivity index (χ1n) is 6.65. The van der Waals surface area contributed by atoms with Crippen LogP contribution in [-0.2, 0) is 4.79 Å². The van der Waals surface area contributed by atoms with E-state index in [9.17, 15) is 4.79 Å². The molecule has 0 unspecified atom stereocenters. The van der Waals surface area contributed by atoms with E-state index in [4.69, 9.17) is 0 Å². The molecule has 0 bridgehead atoms. The van der Waals surface area contributed by atoms with Gasteiger partial charge in [0, 0.05) is 18.0 Å². The molecule has 0 aromatic rings. The highest BCUT2D eigenvalue weighted by Crippen LogP contribution is 2.25. The van der Waals surface area contributed by atoms with Crippen LogP contribution in [0.25, 0.3) is 0 Å². The lowest BCUT2D eigenvalue weighted by molar-refractivity contribution is -0.126. The molecule has 0 aliphatic heterocycles. The lowest BCUT2D eigenvalue weighted by Crippen LogP contribution is -2.41. The zero-order valence-electron chi connectivity index (χ0n) is 11.4. The van der Waals surface area contributed by atoms with Crippen molar-refractivity contribution < 1.29 is 4.79 Å². The van der Waals surface area contributed by atoms with E-state index in [0.29, 0.717) is 11.8 Å². The van der Waals surface area contributed by atoms with Crippen LogP contribution >= 0.6 is 0 Å². The fourth-order valence-corrected chi connectivity index (χ4v) is 2.56. The molecule has 94 valence electrons. The molecule has 0 N–H and O–H groups in total. The molecule has 16 heavy (non-hydrogen) atoms. The third-order valence-corrected chi connectivity index (χ3v) is 4.05. The van der Waals surface area contributed by atoms with E-state index >= 15 is 0 Å². The van der Waals surface area contributed by atoms with Crippen LogP contribution in [0.1, 0.15) is 59.3 Å². The van der Waals surface area contributed by atoms with E-state index in [1.807, 2.05) is 0 Å². The van der Waals surface area contributed by atoms with E-state index in [2.05, 4.69) is 25.8 Å². The smallest absolute Gasteiger partial charge is 0.136 e. The molecule has 0 radical (unpaired) electrons. The fraction of sp³-hybridized carbons (Fsp3) is 0.929. The molecule has 1 rings (SSSR count). The van der Waals surface area contributed by atoms with Gasteiger partial charge in [-0.2, -0.15) is 0 Å². The predicted molar refractivity (Wildman–Crippen MR) is 68.6 cm³/mol. The topological polar surface area (TPSA) is 20.3 Å². The Morgan fingerprint density at radius 2 is 1.69 bits per heavy atom. The Labute approximate surface area is 100 Å². The van der Waals surface area contributed by atoms with Gasteiger partial charge in [-0.15, -0.1) is 0 Å². The van der Waals surface area contributed by atoms with Crippen molar-refractivity contribution in [3.8, 4) is 0 Å². The minimum absolute atomic E-state index is 0.193. The summed E-state index contributed by atoms with van der Waals surface area (Å²) in [7, 11) is 2.18. The number of nitrogens with zero attached hydrogens (tertiary/aromatic N) is 1. The van der Waals surface area contributed by atoms with Crippen LogP contribution in [0.3, 0.4) is 0 Å². The van der Waals surface area contributed by atoms with Gasteiger partial charge in [0.25, 0.3) is 0 Å². The molecule has 2 heteroatoms. The van der Waals surface area contributed by atoms with Gasteiger partial charge >= 0.3 is 0 Å². The molecule has 0 aromatic heterocycles. The summed E-state index contributed by atoms with van der Waals surface area (Å²) in [5.41, 5.74) is -0.193. The summed E-state index contributed by atoms with van der Waals surface area (Å²) in [5, 5.41) is 0. The first kappa shape index (κ1) is 13.7. The Bertz CT molecular complexity index is 227. The standard InChI is InChI=1S/C14H27NO/c1-12(16)14(2,3)11-15(4)13-9-7-5-6-8-10-13/h13H,5-11H2,1-4H3. The fourth-order valence-electron chi connectivity index (χ4n) is 2.56. The maximum Gasteiger partial charge on any atom is 0.136 e. The summed E-state index contributed by atoms with van der Waals surface area (Å²) in [6, 6.07) is 0.695. The van der Waals surface area contributed by atoms with Crippen LogP contribution in [0.15, 0.2) is 0 Å². The van der Waals surface area contributed by atoms with Gasteiger partial charge < -0.3 is 4.90 Å². The van der Waals surface area contributed by atoms with Crippen LogP contribution in [0, 0.1) is 5.41 Å². The second-order valence-corrected chi connectivity index (χ2v) is 6.00. The highest BCUT2D eigenvalue weighted by atomic mass is 16.1. The third-order valence-electron chi connectivity index (χ3n) is 4.05. The van der Waals surface area contributed by atoms with E-state index in [1.165, 1.54) is 38.5 Å². The highest BCUT2D eigenvalue weighted by molar-refractivity contribution is 5.81. The zero-order chi connectivity index (χ0) is 12.2. The minimum Gasteiger partial charge on any atom is -0.302 e. The predicted octanol–water partition coefficient (Wildman–Crippen LogP) is 3.26. The maximum atomic E-state index is 11.5. The normalized spacial score (nSPS) is 19.8. The monoisotopic (exact) mass is 225 g/mol. The van der Waals surface area contributed by atoms with Gasteiger partial charge in [-0.1, -0.05) is 39.5 Å². The minimum atomic E-state index is -0.193. The third kappa shape index (κ3) is 3.89. The lowest BCUT2D eigenvalue weighted by atomic mass is 9.87. The van der Waals surface area contributed by atoms with Gasteiger partial charge in [-0.05, 0) is 26.8 Å². The second-order valence-electron chi connectivity index (χ2n) is 6.00. The summed E-state index contributed by atoms with van der Waals surface area (Å²) in [6.07, 6.45) is 8.11. The van der Waals surface area contributed by atoms with Crippen molar-refractivity contribution in [1.29, 1.82) is 0 Å². The molecule has 1 aliphatic rings. The van der Waals surface area contributed by atoms with Crippen molar-refractivity contribution in [2.24, 2.45) is 5.41 Å². The van der Waals surface area contributed by atoms with Crippen molar-refractivity contribution in [1.82, 2.24) is 4.90 Å². The van der Waals surface area contributed by atoms with Crippen LogP contribution in [-0.4, -0.2) is 30.3 Å². The van der Waals surface area contributed by atoms with Crippen molar-refractivity contribution >= 4 is 5.78 Å². The molecule has 0 atom stereocenters. The molecule has 0 heterocycles. The molecule has 1 saturated carbocycles. The number of hydrogen-bond donors (Lipinski definition) is 0. The van der Waals surface area contributed by atoms with Crippen molar-refractivity contribution in [3.63, 3.8) is 0 Å². The van der Waals surface area contributed by atoms with Gasteiger partial charge in [0.2, 0.25) is 0 Å². The van der Waals surface area contributed by atoms with Gasteiger partial charge in [-0.3, -0.25) is 4.79 Å². The summed E-state index contributed by atoms with van der Waals surface area (Å²) in [6.45, 7) is 6.72. The average Bonchev–Trinajstić information content (AvgIpc) is 2.44. The molecule has 0 amide bonds. The number of Topliss-reactive ketones (excluding diaryl/α,β-unsaturated/α-hetero) is 1. The molecule has 1 aliphatic carbocycles. The summed E-state index contributed by atoms with van der Waals surface area (Å²) >= 11 is 0. The Morgan fingerprint density at radius 3 is 2.12 bits per heavy atom. The average molecular weight is 225 g/mol. The molecule has 0 aromatic carbocycles. The molecule has 1 fully saturated rings. The number of rotatable bonds is 4. The van der Waals surface area contributed by atoms with Crippen LogP contribution < -0.4 is 0 Å². The van der Waals surface area contributed by atoms with Crippen LogP contribution in [0.4, 0.5) is 0 Å². The first-order chi connectivity index (χ1) is 7.43. The zero-order valence-corrected chi connectivity index (χ0v) is 11.4.